The SMILES string of the molecule is O=C1CC(Br)CN1c1cccc(OCc2ccccc2)c1. The second-order valence-electron chi connectivity index (χ2n) is 5.08. The molecule has 1 heterocycles. The number of hydrogen-bond donors (Lipinski definition) is 0. The third-order valence-electron chi connectivity index (χ3n) is 3.46. The number of amides is 1. The van der Waals surface area contributed by atoms with Crippen LogP contribution in [0.1, 0.15) is 12.0 Å². The van der Waals surface area contributed by atoms with Gasteiger partial charge in [0.15, 0.2) is 0 Å². The number of rotatable bonds is 4. The zero-order valence-electron chi connectivity index (χ0n) is 11.5. The Morgan fingerprint density at radius 1 is 1.14 bits per heavy atom. The van der Waals surface area contributed by atoms with Crippen molar-refractivity contribution in [3.63, 3.8) is 0 Å². The third kappa shape index (κ3) is 3.45. The number of carbonyl (C=O) groups excluding carboxylic acids is 1. The van der Waals surface area contributed by atoms with Crippen molar-refractivity contribution in [1.82, 2.24) is 0 Å². The first-order valence-corrected chi connectivity index (χ1v) is 7.85. The lowest BCUT2D eigenvalue weighted by molar-refractivity contribution is -0.117. The number of hydrogen-bond acceptors (Lipinski definition) is 2. The first kappa shape index (κ1) is 14.1. The molecule has 4 heteroatoms. The van der Waals surface area contributed by atoms with E-state index in [0.717, 1.165) is 17.0 Å². The highest BCUT2D eigenvalue weighted by Gasteiger charge is 2.28. The van der Waals surface area contributed by atoms with Gasteiger partial charge in [-0.25, -0.2) is 0 Å². The maximum atomic E-state index is 11.9. The molecule has 0 radical (unpaired) electrons. The van der Waals surface area contributed by atoms with Gasteiger partial charge in [0.1, 0.15) is 12.4 Å². The summed E-state index contributed by atoms with van der Waals surface area (Å²) in [4.78, 5) is 14.0. The first-order valence-electron chi connectivity index (χ1n) is 6.93. The Balaban J connectivity index is 1.70. The van der Waals surface area contributed by atoms with E-state index in [0.29, 0.717) is 19.6 Å². The summed E-state index contributed by atoms with van der Waals surface area (Å²) in [5.41, 5.74) is 2.02. The summed E-state index contributed by atoms with van der Waals surface area (Å²) in [6.45, 7) is 1.24. The lowest BCUT2D eigenvalue weighted by Crippen LogP contribution is -2.24. The van der Waals surface area contributed by atoms with Crippen LogP contribution in [0.25, 0.3) is 0 Å². The number of alkyl halides is 1. The van der Waals surface area contributed by atoms with Gasteiger partial charge in [0.2, 0.25) is 5.91 Å². The van der Waals surface area contributed by atoms with Crippen molar-refractivity contribution in [3.8, 4) is 5.75 Å². The Morgan fingerprint density at radius 2 is 1.95 bits per heavy atom. The van der Waals surface area contributed by atoms with Gasteiger partial charge in [-0.05, 0) is 17.7 Å². The molecule has 0 aliphatic carbocycles. The van der Waals surface area contributed by atoms with Crippen molar-refractivity contribution in [2.45, 2.75) is 17.9 Å². The van der Waals surface area contributed by atoms with Crippen LogP contribution in [0.5, 0.6) is 5.75 Å². The fourth-order valence-electron chi connectivity index (χ4n) is 2.40. The van der Waals surface area contributed by atoms with Gasteiger partial charge in [0.25, 0.3) is 0 Å². The normalized spacial score (nSPS) is 18.0. The summed E-state index contributed by atoms with van der Waals surface area (Å²) < 4.78 is 5.80. The van der Waals surface area contributed by atoms with Gasteiger partial charge >= 0.3 is 0 Å². The fraction of sp³-hybridized carbons (Fsp3) is 0.235. The molecule has 108 valence electrons. The number of halogens is 1. The highest BCUT2D eigenvalue weighted by Crippen LogP contribution is 2.28. The van der Waals surface area contributed by atoms with Gasteiger partial charge in [0, 0.05) is 29.5 Å². The standard InChI is InChI=1S/C17H16BrNO2/c18-14-9-17(20)19(11-14)15-7-4-8-16(10-15)21-12-13-5-2-1-3-6-13/h1-8,10,14H,9,11-12H2. The molecule has 0 N–H and O–H groups in total. The molecule has 3 rings (SSSR count). The third-order valence-corrected chi connectivity index (χ3v) is 4.07. The van der Waals surface area contributed by atoms with Crippen LogP contribution in [0.3, 0.4) is 0 Å². The second-order valence-corrected chi connectivity index (χ2v) is 6.37. The van der Waals surface area contributed by atoms with Crippen LogP contribution in [0, 0.1) is 0 Å². The molecule has 1 aliphatic rings. The summed E-state index contributed by atoms with van der Waals surface area (Å²) in [7, 11) is 0. The van der Waals surface area contributed by atoms with E-state index in [9.17, 15) is 4.79 Å². The first-order chi connectivity index (χ1) is 10.2. The Bertz CT molecular complexity index is 630. The number of benzene rings is 2. The maximum absolute atomic E-state index is 11.9. The lowest BCUT2D eigenvalue weighted by Gasteiger charge is -2.17. The van der Waals surface area contributed by atoms with E-state index in [2.05, 4.69) is 15.9 Å². The molecule has 1 fully saturated rings. The molecule has 1 amide bonds. The highest BCUT2D eigenvalue weighted by atomic mass is 79.9. The van der Waals surface area contributed by atoms with Crippen LogP contribution in [0.4, 0.5) is 5.69 Å². The van der Waals surface area contributed by atoms with Crippen molar-refractivity contribution in [1.29, 1.82) is 0 Å². The van der Waals surface area contributed by atoms with Gasteiger partial charge < -0.3 is 9.64 Å². The van der Waals surface area contributed by atoms with E-state index in [-0.39, 0.29) is 10.7 Å². The fourth-order valence-corrected chi connectivity index (χ4v) is 2.96. The molecule has 0 aromatic heterocycles. The second kappa shape index (κ2) is 6.31. The predicted octanol–water partition coefficient (Wildman–Crippen LogP) is 3.77. The molecule has 2 aromatic carbocycles. The summed E-state index contributed by atoms with van der Waals surface area (Å²) in [5, 5.41) is 0. The smallest absolute Gasteiger partial charge is 0.228 e. The number of nitrogens with zero attached hydrogens (tertiary/aromatic N) is 1. The quantitative estimate of drug-likeness (QED) is 0.789. The average Bonchev–Trinajstić information content (AvgIpc) is 2.85. The largest absolute Gasteiger partial charge is 0.489 e. The molecular formula is C17H16BrNO2. The van der Waals surface area contributed by atoms with Gasteiger partial charge in [-0.1, -0.05) is 52.3 Å². The van der Waals surface area contributed by atoms with Crippen LogP contribution >= 0.6 is 15.9 Å². The minimum Gasteiger partial charge on any atom is -0.489 e. The van der Waals surface area contributed by atoms with E-state index in [4.69, 9.17) is 4.74 Å². The van der Waals surface area contributed by atoms with Crippen molar-refractivity contribution in [2.75, 3.05) is 11.4 Å². The monoisotopic (exact) mass is 345 g/mol. The van der Waals surface area contributed by atoms with Gasteiger partial charge in [-0.2, -0.15) is 0 Å². The topological polar surface area (TPSA) is 29.5 Å². The molecule has 1 atom stereocenters. The van der Waals surface area contributed by atoms with Crippen LogP contribution in [0.15, 0.2) is 54.6 Å². The van der Waals surface area contributed by atoms with Crippen molar-refractivity contribution in [3.05, 3.63) is 60.2 Å². The van der Waals surface area contributed by atoms with E-state index in [1.807, 2.05) is 54.6 Å². The molecular weight excluding hydrogens is 330 g/mol. The van der Waals surface area contributed by atoms with Crippen LogP contribution in [-0.4, -0.2) is 17.3 Å². The number of anilines is 1. The molecule has 0 bridgehead atoms. The van der Waals surface area contributed by atoms with E-state index in [1.54, 1.807) is 4.90 Å². The lowest BCUT2D eigenvalue weighted by atomic mass is 10.2. The number of carbonyl (C=O) groups is 1. The van der Waals surface area contributed by atoms with Gasteiger partial charge in [0.05, 0.1) is 0 Å². The highest BCUT2D eigenvalue weighted by molar-refractivity contribution is 9.09. The van der Waals surface area contributed by atoms with E-state index >= 15 is 0 Å². The van der Waals surface area contributed by atoms with Crippen molar-refractivity contribution >= 4 is 27.5 Å². The molecule has 1 unspecified atom stereocenters. The molecule has 3 nitrogen and oxygen atoms in total. The molecule has 0 spiro atoms. The molecule has 21 heavy (non-hydrogen) atoms. The summed E-state index contributed by atoms with van der Waals surface area (Å²) in [6, 6.07) is 17.7. The molecule has 1 saturated heterocycles. The molecule has 0 saturated carbocycles. The summed E-state index contributed by atoms with van der Waals surface area (Å²) in [5.74, 6) is 0.930. The zero-order chi connectivity index (χ0) is 14.7. The predicted molar refractivity (Wildman–Crippen MR) is 86.9 cm³/mol. The Kier molecular flexibility index (Phi) is 4.25. The van der Waals surface area contributed by atoms with Crippen LogP contribution in [-0.2, 0) is 11.4 Å². The van der Waals surface area contributed by atoms with E-state index < -0.39 is 0 Å². The van der Waals surface area contributed by atoms with Crippen LogP contribution in [0.2, 0.25) is 0 Å². The van der Waals surface area contributed by atoms with Crippen molar-refractivity contribution < 1.29 is 9.53 Å². The number of ether oxygens (including phenoxy) is 1. The molecule has 2 aromatic rings. The minimum atomic E-state index is 0.150. The van der Waals surface area contributed by atoms with Crippen LogP contribution < -0.4 is 9.64 Å². The minimum absolute atomic E-state index is 0.150. The summed E-state index contributed by atoms with van der Waals surface area (Å²) in [6.07, 6.45) is 0.551. The zero-order valence-corrected chi connectivity index (χ0v) is 13.1. The maximum Gasteiger partial charge on any atom is 0.228 e. The molecule has 1 aliphatic heterocycles. The van der Waals surface area contributed by atoms with Gasteiger partial charge in [-0.3, -0.25) is 4.79 Å². The van der Waals surface area contributed by atoms with Crippen molar-refractivity contribution in [2.24, 2.45) is 0 Å². The van der Waals surface area contributed by atoms with Gasteiger partial charge in [-0.15, -0.1) is 0 Å². The van der Waals surface area contributed by atoms with E-state index in [1.165, 1.54) is 0 Å². The Hall–Kier alpha value is -1.81. The average molecular weight is 346 g/mol. The Labute approximate surface area is 132 Å². The summed E-state index contributed by atoms with van der Waals surface area (Å²) >= 11 is 3.50. The Morgan fingerprint density at radius 3 is 2.67 bits per heavy atom.